The summed E-state index contributed by atoms with van der Waals surface area (Å²) < 4.78 is 0. The highest BCUT2D eigenvalue weighted by atomic mass is 16.2. The molecule has 3 atom stereocenters. The second kappa shape index (κ2) is 9.33. The number of aromatic nitrogens is 2. The van der Waals surface area contributed by atoms with Crippen LogP contribution in [0.25, 0.3) is 22.4 Å². The Bertz CT molecular complexity index is 1270. The normalized spacial score (nSPS) is 23.9. The minimum absolute atomic E-state index is 0.0947. The van der Waals surface area contributed by atoms with Gasteiger partial charge in [0.2, 0.25) is 11.8 Å². The average molecular weight is 469 g/mol. The Balaban J connectivity index is 1.12. The van der Waals surface area contributed by atoms with Crippen molar-refractivity contribution < 1.29 is 9.59 Å². The molecule has 2 saturated carbocycles. The lowest BCUT2D eigenvalue weighted by Gasteiger charge is -2.17. The highest BCUT2D eigenvalue weighted by molar-refractivity contribution is 5.95. The Labute approximate surface area is 205 Å². The lowest BCUT2D eigenvalue weighted by atomic mass is 9.93. The van der Waals surface area contributed by atoms with E-state index in [-0.39, 0.29) is 23.7 Å². The van der Waals surface area contributed by atoms with Gasteiger partial charge in [0.1, 0.15) is 5.82 Å². The molecule has 2 aromatic carbocycles. The molecule has 3 N–H and O–H groups in total. The van der Waals surface area contributed by atoms with Crippen molar-refractivity contribution >= 4 is 34.2 Å². The molecular weight excluding hydrogens is 436 g/mol. The van der Waals surface area contributed by atoms with Crippen LogP contribution in [-0.4, -0.2) is 21.8 Å². The van der Waals surface area contributed by atoms with E-state index < -0.39 is 0 Å². The Kier molecular flexibility index (Phi) is 5.88. The molecule has 0 aliphatic heterocycles. The largest absolute Gasteiger partial charge is 0.338 e. The first-order valence-corrected chi connectivity index (χ1v) is 13.0. The van der Waals surface area contributed by atoms with Crippen LogP contribution in [0.1, 0.15) is 51.4 Å². The third-order valence-corrected chi connectivity index (χ3v) is 8.02. The van der Waals surface area contributed by atoms with Crippen LogP contribution in [0.15, 0.2) is 54.6 Å². The number of benzene rings is 2. The van der Waals surface area contributed by atoms with Gasteiger partial charge in [-0.05, 0) is 80.0 Å². The zero-order chi connectivity index (χ0) is 23.8. The van der Waals surface area contributed by atoms with Crippen molar-refractivity contribution in [2.75, 3.05) is 10.6 Å². The van der Waals surface area contributed by atoms with Crippen LogP contribution >= 0.6 is 0 Å². The van der Waals surface area contributed by atoms with Crippen molar-refractivity contribution in [1.82, 2.24) is 9.97 Å². The molecule has 35 heavy (non-hydrogen) atoms. The fraction of sp³-hybridized carbons (Fsp3) is 0.414. The van der Waals surface area contributed by atoms with E-state index in [1.165, 1.54) is 12.8 Å². The summed E-state index contributed by atoms with van der Waals surface area (Å²) in [4.78, 5) is 33.6. The first-order valence-electron chi connectivity index (χ1n) is 13.0. The number of amides is 2. The van der Waals surface area contributed by atoms with Crippen molar-refractivity contribution in [3.8, 4) is 11.4 Å². The van der Waals surface area contributed by atoms with Gasteiger partial charge in [-0.25, -0.2) is 4.98 Å². The first-order chi connectivity index (χ1) is 17.1. The summed E-state index contributed by atoms with van der Waals surface area (Å²) in [7, 11) is 0. The van der Waals surface area contributed by atoms with Crippen LogP contribution in [0.2, 0.25) is 0 Å². The molecule has 2 amide bonds. The molecule has 2 fully saturated rings. The van der Waals surface area contributed by atoms with E-state index in [0.29, 0.717) is 11.8 Å². The van der Waals surface area contributed by atoms with Crippen LogP contribution in [0.4, 0.5) is 11.4 Å². The number of carbonyl (C=O) groups is 2. The zero-order valence-electron chi connectivity index (χ0n) is 19.9. The number of allylic oxidation sites excluding steroid dienone is 2. The van der Waals surface area contributed by atoms with E-state index in [1.807, 2.05) is 42.5 Å². The molecule has 3 aliphatic carbocycles. The van der Waals surface area contributed by atoms with E-state index in [0.717, 1.165) is 72.3 Å². The maximum atomic E-state index is 12.7. The van der Waals surface area contributed by atoms with Gasteiger partial charge in [-0.15, -0.1) is 0 Å². The number of rotatable bonds is 5. The van der Waals surface area contributed by atoms with Crippen LogP contribution in [0, 0.1) is 23.7 Å². The van der Waals surface area contributed by atoms with Crippen LogP contribution in [0.3, 0.4) is 0 Å². The van der Waals surface area contributed by atoms with Gasteiger partial charge in [0.05, 0.1) is 11.0 Å². The fourth-order valence-corrected chi connectivity index (χ4v) is 6.04. The smallest absolute Gasteiger partial charge is 0.228 e. The maximum absolute atomic E-state index is 12.7. The van der Waals surface area contributed by atoms with Gasteiger partial charge in [0.25, 0.3) is 0 Å². The number of hydrogen-bond acceptors (Lipinski definition) is 3. The molecule has 6 heteroatoms. The second-order valence-corrected chi connectivity index (χ2v) is 10.4. The number of nitrogens with zero attached hydrogens (tertiary/aromatic N) is 1. The third kappa shape index (κ3) is 4.62. The number of anilines is 2. The lowest BCUT2D eigenvalue weighted by Crippen LogP contribution is -2.25. The molecule has 3 aromatic rings. The summed E-state index contributed by atoms with van der Waals surface area (Å²) in [5.41, 5.74) is 4.31. The lowest BCUT2D eigenvalue weighted by molar-refractivity contribution is -0.121. The molecule has 1 heterocycles. The number of fused-ring (bicyclic) bond motifs is 3. The van der Waals surface area contributed by atoms with Crippen LogP contribution < -0.4 is 10.6 Å². The van der Waals surface area contributed by atoms with Gasteiger partial charge in [0, 0.05) is 28.8 Å². The number of aromatic amines is 1. The van der Waals surface area contributed by atoms with Gasteiger partial charge >= 0.3 is 0 Å². The van der Waals surface area contributed by atoms with Gasteiger partial charge in [-0.1, -0.05) is 37.8 Å². The first kappa shape index (κ1) is 22.1. The predicted octanol–water partition coefficient (Wildman–Crippen LogP) is 6.29. The molecule has 0 radical (unpaired) electrons. The molecule has 2 bridgehead atoms. The maximum Gasteiger partial charge on any atom is 0.228 e. The van der Waals surface area contributed by atoms with E-state index in [9.17, 15) is 9.59 Å². The summed E-state index contributed by atoms with van der Waals surface area (Å²) in [6, 6.07) is 13.6. The van der Waals surface area contributed by atoms with E-state index in [4.69, 9.17) is 4.98 Å². The quantitative estimate of drug-likeness (QED) is 0.304. The minimum Gasteiger partial charge on any atom is -0.338 e. The Morgan fingerprint density at radius 2 is 1.57 bits per heavy atom. The van der Waals surface area contributed by atoms with Crippen molar-refractivity contribution in [2.24, 2.45) is 23.7 Å². The third-order valence-electron chi connectivity index (χ3n) is 8.02. The molecule has 3 unspecified atom stereocenters. The van der Waals surface area contributed by atoms with Crippen LogP contribution in [0.5, 0.6) is 0 Å². The van der Waals surface area contributed by atoms with Gasteiger partial charge in [0.15, 0.2) is 0 Å². The number of carbonyl (C=O) groups excluding carboxylic acids is 2. The molecule has 0 spiro atoms. The number of nitrogens with one attached hydrogen (secondary N) is 3. The SMILES string of the molecule is O=C(Nc1ccc2nc(-c3ccc(NC(=O)C4CC5C=CC4C5)cc3)[nH]c2c1)C1CCCCCC1. The molecule has 6 nitrogen and oxygen atoms in total. The fourth-order valence-electron chi connectivity index (χ4n) is 6.04. The molecule has 180 valence electrons. The summed E-state index contributed by atoms with van der Waals surface area (Å²) in [6.07, 6.45) is 13.3. The van der Waals surface area contributed by atoms with Crippen molar-refractivity contribution in [3.63, 3.8) is 0 Å². The second-order valence-electron chi connectivity index (χ2n) is 10.4. The average Bonchev–Trinajstić information content (AvgIpc) is 3.55. The minimum atomic E-state index is 0.0947. The van der Waals surface area contributed by atoms with Crippen LogP contribution in [-0.2, 0) is 9.59 Å². The highest BCUT2D eigenvalue weighted by Gasteiger charge is 2.39. The Morgan fingerprint density at radius 3 is 2.29 bits per heavy atom. The van der Waals surface area contributed by atoms with Crippen molar-refractivity contribution in [2.45, 2.75) is 51.4 Å². The monoisotopic (exact) mass is 468 g/mol. The summed E-state index contributed by atoms with van der Waals surface area (Å²) >= 11 is 0. The van der Waals surface area contributed by atoms with E-state index in [2.05, 4.69) is 27.8 Å². The van der Waals surface area contributed by atoms with E-state index >= 15 is 0 Å². The molecule has 6 rings (SSSR count). The van der Waals surface area contributed by atoms with Crippen molar-refractivity contribution in [3.05, 3.63) is 54.6 Å². The molecule has 3 aliphatic rings. The predicted molar refractivity (Wildman–Crippen MR) is 139 cm³/mol. The van der Waals surface area contributed by atoms with Gasteiger partial charge < -0.3 is 15.6 Å². The van der Waals surface area contributed by atoms with Gasteiger partial charge in [-0.2, -0.15) is 0 Å². The Morgan fingerprint density at radius 1 is 0.829 bits per heavy atom. The number of imidazole rings is 1. The standard InChI is InChI=1S/C29H32N4O2/c34-28(20-5-3-1-2-4-6-20)31-23-13-14-25-26(17-23)33-27(32-25)19-9-11-22(12-10-19)30-29(35)24-16-18-7-8-21(24)15-18/h7-14,17-18,20-21,24H,1-6,15-16H2,(H,30,35)(H,31,34)(H,32,33). The Hall–Kier alpha value is -3.41. The zero-order valence-corrected chi connectivity index (χ0v) is 19.9. The summed E-state index contributed by atoms with van der Waals surface area (Å²) in [5.74, 6) is 2.21. The molecular formula is C29H32N4O2. The number of hydrogen-bond donors (Lipinski definition) is 3. The van der Waals surface area contributed by atoms with Gasteiger partial charge in [-0.3, -0.25) is 9.59 Å². The summed E-state index contributed by atoms with van der Waals surface area (Å²) in [6.45, 7) is 0. The van der Waals surface area contributed by atoms with Crippen molar-refractivity contribution in [1.29, 1.82) is 0 Å². The molecule has 1 aromatic heterocycles. The molecule has 0 saturated heterocycles. The summed E-state index contributed by atoms with van der Waals surface area (Å²) in [5, 5.41) is 6.19. The van der Waals surface area contributed by atoms with E-state index in [1.54, 1.807) is 0 Å². The number of H-pyrrole nitrogens is 1. The highest BCUT2D eigenvalue weighted by Crippen LogP contribution is 2.43. The topological polar surface area (TPSA) is 86.9 Å².